The minimum absolute atomic E-state index is 0.356. The second kappa shape index (κ2) is 5.67. The second-order valence-corrected chi connectivity index (χ2v) is 6.84. The Kier molecular flexibility index (Phi) is 4.37. The molecule has 0 saturated carbocycles. The van der Waals surface area contributed by atoms with Gasteiger partial charge in [0.2, 0.25) is 0 Å². The van der Waals surface area contributed by atoms with Gasteiger partial charge in [0.25, 0.3) is 0 Å². The van der Waals surface area contributed by atoms with Gasteiger partial charge in [-0.15, -0.1) is 0 Å². The summed E-state index contributed by atoms with van der Waals surface area (Å²) in [7, 11) is 1.46. The van der Waals surface area contributed by atoms with Crippen LogP contribution in [0.1, 0.15) is 47.1 Å². The number of aryl methyl sites for hydroxylation is 1. The number of nitrogens with one attached hydrogen (secondary N) is 1. The van der Waals surface area contributed by atoms with Gasteiger partial charge in [0.15, 0.2) is 0 Å². The summed E-state index contributed by atoms with van der Waals surface area (Å²) in [4.78, 5) is 6.32. The molecule has 1 aromatic rings. The van der Waals surface area contributed by atoms with Crippen LogP contribution in [0.5, 0.6) is 0 Å². The summed E-state index contributed by atoms with van der Waals surface area (Å²) in [5.74, 6) is 1.28. The molecule has 22 heavy (non-hydrogen) atoms. The van der Waals surface area contributed by atoms with E-state index >= 15 is 0 Å². The molecule has 0 atom stereocenters. The van der Waals surface area contributed by atoms with Gasteiger partial charge in [-0.25, -0.2) is 4.98 Å². The first-order chi connectivity index (χ1) is 10.1. The van der Waals surface area contributed by atoms with Crippen molar-refractivity contribution in [2.75, 3.05) is 11.9 Å². The summed E-state index contributed by atoms with van der Waals surface area (Å²) in [5, 5.41) is 7.77. The van der Waals surface area contributed by atoms with E-state index < -0.39 is 7.12 Å². The third-order valence-electron chi connectivity index (χ3n) is 4.69. The van der Waals surface area contributed by atoms with E-state index in [-0.39, 0.29) is 11.2 Å². The number of amidine groups is 1. The average molecular weight is 303 g/mol. The lowest BCUT2D eigenvalue weighted by molar-refractivity contribution is 0.00578. The van der Waals surface area contributed by atoms with Crippen LogP contribution in [-0.4, -0.2) is 36.2 Å². The van der Waals surface area contributed by atoms with E-state index in [0.717, 1.165) is 23.3 Å². The van der Waals surface area contributed by atoms with Crippen molar-refractivity contribution in [2.24, 2.45) is 0 Å². The predicted molar refractivity (Wildman–Crippen MR) is 91.1 cm³/mol. The van der Waals surface area contributed by atoms with Crippen LogP contribution in [0.2, 0.25) is 0 Å². The Morgan fingerprint density at radius 2 is 1.82 bits per heavy atom. The summed E-state index contributed by atoms with van der Waals surface area (Å²) < 4.78 is 12.2. The van der Waals surface area contributed by atoms with Gasteiger partial charge in [-0.2, -0.15) is 0 Å². The molecule has 1 aliphatic rings. The van der Waals surface area contributed by atoms with Gasteiger partial charge < -0.3 is 14.2 Å². The molecule has 0 aliphatic carbocycles. The molecule has 0 spiro atoms. The van der Waals surface area contributed by atoms with Gasteiger partial charge in [-0.1, -0.05) is 13.0 Å². The number of rotatable bonds is 3. The lowest BCUT2D eigenvalue weighted by atomic mass is 9.79. The standard InChI is InChI=1S/C16H26BN3O2/c1-8-12-9-13(10-19-14(12)20(7)11(2)18)17-21-15(3,4)16(5,6)22-17/h9-10,18H,8H2,1-7H3. The van der Waals surface area contributed by atoms with Crippen molar-refractivity contribution >= 4 is 24.2 Å². The van der Waals surface area contributed by atoms with E-state index in [2.05, 4.69) is 18.0 Å². The van der Waals surface area contributed by atoms with E-state index in [9.17, 15) is 0 Å². The van der Waals surface area contributed by atoms with Crippen LogP contribution in [0.3, 0.4) is 0 Å². The van der Waals surface area contributed by atoms with Gasteiger partial charge in [0.1, 0.15) is 5.82 Å². The minimum atomic E-state index is -0.400. The molecule has 120 valence electrons. The first-order valence-corrected chi connectivity index (χ1v) is 7.72. The SMILES string of the molecule is CCc1cc(B2OC(C)(C)C(C)(C)O2)cnc1N(C)C(C)=N. The molecular formula is C16H26BN3O2. The fourth-order valence-electron chi connectivity index (χ4n) is 2.35. The molecule has 1 aromatic heterocycles. The number of nitrogens with zero attached hydrogens (tertiary/aromatic N) is 2. The van der Waals surface area contributed by atoms with E-state index in [1.54, 1.807) is 18.0 Å². The number of pyridine rings is 1. The topological polar surface area (TPSA) is 58.4 Å². The zero-order chi connectivity index (χ0) is 16.7. The first kappa shape index (κ1) is 17.0. The highest BCUT2D eigenvalue weighted by Gasteiger charge is 2.51. The summed E-state index contributed by atoms with van der Waals surface area (Å²) >= 11 is 0. The molecule has 5 nitrogen and oxygen atoms in total. The Morgan fingerprint density at radius 1 is 1.27 bits per heavy atom. The van der Waals surface area contributed by atoms with Crippen LogP contribution in [0.25, 0.3) is 0 Å². The quantitative estimate of drug-likeness (QED) is 0.529. The highest BCUT2D eigenvalue weighted by atomic mass is 16.7. The molecule has 0 radical (unpaired) electrons. The molecule has 0 amide bonds. The van der Waals surface area contributed by atoms with E-state index in [1.165, 1.54) is 0 Å². The summed E-state index contributed by atoms with van der Waals surface area (Å²) in [6.07, 6.45) is 2.63. The molecule has 0 aromatic carbocycles. The maximum Gasteiger partial charge on any atom is 0.496 e. The smallest absolute Gasteiger partial charge is 0.399 e. The number of anilines is 1. The molecular weight excluding hydrogens is 277 g/mol. The molecule has 2 rings (SSSR count). The summed E-state index contributed by atoms with van der Waals surface area (Å²) in [6.45, 7) is 12.0. The molecule has 1 aliphatic heterocycles. The summed E-state index contributed by atoms with van der Waals surface area (Å²) in [5.41, 5.74) is 1.30. The van der Waals surface area contributed by atoms with E-state index in [4.69, 9.17) is 14.7 Å². The van der Waals surface area contributed by atoms with Crippen LogP contribution >= 0.6 is 0 Å². The predicted octanol–water partition coefficient (Wildman–Crippen LogP) is 2.38. The molecule has 1 N–H and O–H groups in total. The van der Waals surface area contributed by atoms with Crippen molar-refractivity contribution in [1.82, 2.24) is 4.98 Å². The van der Waals surface area contributed by atoms with Gasteiger partial charge in [0.05, 0.1) is 17.0 Å². The molecule has 1 fully saturated rings. The zero-order valence-electron chi connectivity index (χ0n) is 14.7. The summed E-state index contributed by atoms with van der Waals surface area (Å²) in [6, 6.07) is 2.07. The van der Waals surface area contributed by atoms with Crippen molar-refractivity contribution in [1.29, 1.82) is 5.41 Å². The zero-order valence-corrected chi connectivity index (χ0v) is 14.7. The van der Waals surface area contributed by atoms with Gasteiger partial charge in [-0.05, 0) is 46.6 Å². The maximum absolute atomic E-state index is 7.77. The fraction of sp³-hybridized carbons (Fsp3) is 0.625. The maximum atomic E-state index is 7.77. The van der Waals surface area contributed by atoms with Crippen molar-refractivity contribution in [3.63, 3.8) is 0 Å². The van der Waals surface area contributed by atoms with E-state index in [1.807, 2.05) is 34.7 Å². The molecule has 1 saturated heterocycles. The van der Waals surface area contributed by atoms with Crippen LogP contribution < -0.4 is 10.4 Å². The van der Waals surface area contributed by atoms with Crippen molar-refractivity contribution < 1.29 is 9.31 Å². The minimum Gasteiger partial charge on any atom is -0.399 e. The average Bonchev–Trinajstić information content (AvgIpc) is 2.65. The Bertz CT molecular complexity index is 571. The van der Waals surface area contributed by atoms with Crippen LogP contribution in [-0.2, 0) is 15.7 Å². The largest absolute Gasteiger partial charge is 0.496 e. The second-order valence-electron chi connectivity index (χ2n) is 6.84. The first-order valence-electron chi connectivity index (χ1n) is 7.72. The van der Waals surface area contributed by atoms with Gasteiger partial charge in [-0.3, -0.25) is 5.41 Å². The van der Waals surface area contributed by atoms with Crippen molar-refractivity contribution in [3.05, 3.63) is 17.8 Å². The van der Waals surface area contributed by atoms with E-state index in [0.29, 0.717) is 5.84 Å². The lowest BCUT2D eigenvalue weighted by Gasteiger charge is -2.32. The normalized spacial score (nSPS) is 19.3. The Hall–Kier alpha value is -1.40. The molecule has 0 bridgehead atoms. The third-order valence-corrected chi connectivity index (χ3v) is 4.69. The fourth-order valence-corrected chi connectivity index (χ4v) is 2.35. The lowest BCUT2D eigenvalue weighted by Crippen LogP contribution is -2.41. The Labute approximate surface area is 133 Å². The third kappa shape index (κ3) is 2.90. The van der Waals surface area contributed by atoms with Crippen molar-refractivity contribution in [3.8, 4) is 0 Å². The number of aromatic nitrogens is 1. The molecule has 2 heterocycles. The highest BCUT2D eigenvalue weighted by Crippen LogP contribution is 2.36. The van der Waals surface area contributed by atoms with Crippen LogP contribution in [0.15, 0.2) is 12.3 Å². The van der Waals surface area contributed by atoms with Crippen LogP contribution in [0, 0.1) is 5.41 Å². The molecule has 6 heteroatoms. The van der Waals surface area contributed by atoms with Crippen LogP contribution in [0.4, 0.5) is 5.82 Å². The van der Waals surface area contributed by atoms with Gasteiger partial charge >= 0.3 is 7.12 Å². The number of hydrogen-bond donors (Lipinski definition) is 1. The Balaban J connectivity index is 2.34. The highest BCUT2D eigenvalue weighted by molar-refractivity contribution is 6.62. The molecule has 0 unspecified atom stereocenters. The monoisotopic (exact) mass is 303 g/mol. The Morgan fingerprint density at radius 3 is 2.27 bits per heavy atom. The number of hydrogen-bond acceptors (Lipinski definition) is 4. The van der Waals surface area contributed by atoms with Gasteiger partial charge in [0, 0.05) is 18.7 Å². The van der Waals surface area contributed by atoms with Crippen molar-refractivity contribution in [2.45, 2.75) is 59.2 Å².